The van der Waals surface area contributed by atoms with E-state index in [1.54, 1.807) is 0 Å². The van der Waals surface area contributed by atoms with Gasteiger partial charge in [0.25, 0.3) is 11.5 Å². The number of nitrogens with one attached hydrogen (secondary N) is 2. The Morgan fingerprint density at radius 1 is 1.64 bits per heavy atom. The van der Waals surface area contributed by atoms with Crippen molar-refractivity contribution in [3.63, 3.8) is 0 Å². The lowest BCUT2D eigenvalue weighted by molar-refractivity contribution is 0.0945. The fourth-order valence-electron chi connectivity index (χ4n) is 0.838. The van der Waals surface area contributed by atoms with Gasteiger partial charge < -0.3 is 15.4 Å². The minimum Gasteiger partial charge on any atom is -0.396 e. The van der Waals surface area contributed by atoms with Gasteiger partial charge in [0.2, 0.25) is 0 Å². The second-order valence-electron chi connectivity index (χ2n) is 2.63. The minimum absolute atomic E-state index is 0.0271. The first kappa shape index (κ1) is 10.4. The third-order valence-corrected chi connectivity index (χ3v) is 1.53. The highest BCUT2D eigenvalue weighted by atomic mass is 16.3. The number of aromatic amines is 1. The van der Waals surface area contributed by atoms with E-state index in [1.807, 2.05) is 0 Å². The van der Waals surface area contributed by atoms with Crippen molar-refractivity contribution in [2.75, 3.05) is 13.2 Å². The normalized spacial score (nSPS) is 9.79. The van der Waals surface area contributed by atoms with Gasteiger partial charge in [-0.25, -0.2) is 4.98 Å². The molecule has 0 fully saturated rings. The number of rotatable bonds is 4. The van der Waals surface area contributed by atoms with E-state index in [4.69, 9.17) is 5.11 Å². The Morgan fingerprint density at radius 3 is 3.00 bits per heavy atom. The van der Waals surface area contributed by atoms with Crippen LogP contribution in [0.5, 0.6) is 0 Å². The zero-order valence-corrected chi connectivity index (χ0v) is 7.49. The first-order chi connectivity index (χ1) is 6.74. The fourth-order valence-corrected chi connectivity index (χ4v) is 0.838. The molecule has 0 radical (unpaired) electrons. The number of aliphatic hydroxyl groups excluding tert-OH is 1. The van der Waals surface area contributed by atoms with Crippen LogP contribution in [-0.2, 0) is 0 Å². The van der Waals surface area contributed by atoms with E-state index >= 15 is 0 Å². The summed E-state index contributed by atoms with van der Waals surface area (Å²) < 4.78 is 0. The van der Waals surface area contributed by atoms with Gasteiger partial charge in [-0.2, -0.15) is 0 Å². The Labute approximate surface area is 80.0 Å². The van der Waals surface area contributed by atoms with Crippen molar-refractivity contribution in [3.8, 4) is 0 Å². The smallest absolute Gasteiger partial charge is 0.271 e. The van der Waals surface area contributed by atoms with Gasteiger partial charge in [-0.05, 0) is 6.42 Å². The van der Waals surface area contributed by atoms with E-state index in [-0.39, 0.29) is 23.8 Å². The molecule has 1 amide bonds. The lowest BCUT2D eigenvalue weighted by Gasteiger charge is -2.01. The van der Waals surface area contributed by atoms with Gasteiger partial charge in [0, 0.05) is 19.3 Å². The molecule has 0 spiro atoms. The van der Waals surface area contributed by atoms with Crippen LogP contribution in [-0.4, -0.2) is 34.1 Å². The SMILES string of the molecule is O=C(NCCCO)c1c[nH]c(=O)cn1. The summed E-state index contributed by atoms with van der Waals surface area (Å²) in [5, 5.41) is 11.0. The predicted octanol–water partition coefficient (Wildman–Crippen LogP) is -1.12. The zero-order chi connectivity index (χ0) is 10.4. The third kappa shape index (κ3) is 2.98. The molecule has 6 heteroatoms. The van der Waals surface area contributed by atoms with Crippen LogP contribution in [0.3, 0.4) is 0 Å². The summed E-state index contributed by atoms with van der Waals surface area (Å²) in [6, 6.07) is 0. The number of H-pyrrole nitrogens is 1. The lowest BCUT2D eigenvalue weighted by atomic mass is 10.4. The van der Waals surface area contributed by atoms with Gasteiger partial charge in [0.15, 0.2) is 0 Å². The first-order valence-electron chi connectivity index (χ1n) is 4.18. The molecule has 1 aromatic rings. The standard InChI is InChI=1S/C8H11N3O3/c12-3-1-2-9-8(14)6-4-11-7(13)5-10-6/h4-5,12H,1-3H2,(H,9,14)(H,11,13). The number of aromatic nitrogens is 2. The van der Waals surface area contributed by atoms with E-state index in [9.17, 15) is 9.59 Å². The molecule has 0 atom stereocenters. The van der Waals surface area contributed by atoms with Crippen LogP contribution in [0, 0.1) is 0 Å². The fraction of sp³-hybridized carbons (Fsp3) is 0.375. The summed E-state index contributed by atoms with van der Waals surface area (Å²) in [4.78, 5) is 27.9. The van der Waals surface area contributed by atoms with Crippen LogP contribution >= 0.6 is 0 Å². The summed E-state index contributed by atoms with van der Waals surface area (Å²) in [6.45, 7) is 0.412. The van der Waals surface area contributed by atoms with Gasteiger partial charge in [-0.3, -0.25) is 9.59 Å². The van der Waals surface area contributed by atoms with E-state index in [2.05, 4.69) is 15.3 Å². The molecule has 3 N–H and O–H groups in total. The molecule has 0 aliphatic rings. The molecule has 0 saturated carbocycles. The predicted molar refractivity (Wildman–Crippen MR) is 48.9 cm³/mol. The van der Waals surface area contributed by atoms with E-state index in [0.29, 0.717) is 13.0 Å². The molecular weight excluding hydrogens is 186 g/mol. The molecule has 14 heavy (non-hydrogen) atoms. The summed E-state index contributed by atoms with van der Waals surface area (Å²) in [5.74, 6) is -0.366. The van der Waals surface area contributed by atoms with Crippen molar-refractivity contribution in [3.05, 3.63) is 28.4 Å². The highest BCUT2D eigenvalue weighted by Gasteiger charge is 2.04. The van der Waals surface area contributed by atoms with Crippen molar-refractivity contribution in [2.24, 2.45) is 0 Å². The van der Waals surface area contributed by atoms with Crippen LogP contribution in [0.4, 0.5) is 0 Å². The number of hydrogen-bond donors (Lipinski definition) is 3. The van der Waals surface area contributed by atoms with Crippen molar-refractivity contribution >= 4 is 5.91 Å². The molecule has 1 rings (SSSR count). The number of nitrogens with zero attached hydrogens (tertiary/aromatic N) is 1. The van der Waals surface area contributed by atoms with E-state index < -0.39 is 0 Å². The van der Waals surface area contributed by atoms with Gasteiger partial charge in [-0.1, -0.05) is 0 Å². The quantitative estimate of drug-likeness (QED) is 0.533. The van der Waals surface area contributed by atoms with Crippen LogP contribution in [0.25, 0.3) is 0 Å². The molecule has 0 aliphatic heterocycles. The number of carbonyl (C=O) groups is 1. The second kappa shape index (κ2) is 5.13. The number of carbonyl (C=O) groups excluding carboxylic acids is 1. The highest BCUT2D eigenvalue weighted by Crippen LogP contribution is 1.87. The third-order valence-electron chi connectivity index (χ3n) is 1.53. The zero-order valence-electron chi connectivity index (χ0n) is 7.49. The second-order valence-corrected chi connectivity index (χ2v) is 2.63. The van der Waals surface area contributed by atoms with Crippen molar-refractivity contribution in [2.45, 2.75) is 6.42 Å². The maximum atomic E-state index is 11.3. The number of aliphatic hydroxyl groups is 1. The van der Waals surface area contributed by atoms with Gasteiger partial charge in [0.05, 0.1) is 6.20 Å². The molecule has 0 bridgehead atoms. The Morgan fingerprint density at radius 2 is 2.43 bits per heavy atom. The monoisotopic (exact) mass is 197 g/mol. The molecule has 1 heterocycles. The Kier molecular flexibility index (Phi) is 3.81. The molecule has 6 nitrogen and oxygen atoms in total. The summed E-state index contributed by atoms with van der Waals surface area (Å²) in [5.41, 5.74) is -0.195. The van der Waals surface area contributed by atoms with Gasteiger partial charge >= 0.3 is 0 Å². The number of hydrogen-bond acceptors (Lipinski definition) is 4. The van der Waals surface area contributed by atoms with E-state index in [0.717, 1.165) is 6.20 Å². The molecule has 0 unspecified atom stereocenters. The maximum Gasteiger partial charge on any atom is 0.271 e. The molecule has 0 saturated heterocycles. The molecular formula is C8H11N3O3. The van der Waals surface area contributed by atoms with Crippen molar-refractivity contribution in [1.29, 1.82) is 0 Å². The Hall–Kier alpha value is -1.69. The Balaban J connectivity index is 2.52. The molecule has 76 valence electrons. The lowest BCUT2D eigenvalue weighted by Crippen LogP contribution is -2.26. The van der Waals surface area contributed by atoms with Crippen LogP contribution in [0.2, 0.25) is 0 Å². The number of amides is 1. The van der Waals surface area contributed by atoms with Crippen molar-refractivity contribution in [1.82, 2.24) is 15.3 Å². The minimum atomic E-state index is -0.366. The van der Waals surface area contributed by atoms with Crippen LogP contribution < -0.4 is 10.9 Å². The maximum absolute atomic E-state index is 11.3. The molecule has 0 aromatic carbocycles. The van der Waals surface area contributed by atoms with Crippen molar-refractivity contribution < 1.29 is 9.90 Å². The molecule has 0 aliphatic carbocycles. The van der Waals surface area contributed by atoms with Crippen LogP contribution in [0.15, 0.2) is 17.2 Å². The summed E-state index contributed by atoms with van der Waals surface area (Å²) in [6.07, 6.45) is 2.78. The molecule has 1 aromatic heterocycles. The van der Waals surface area contributed by atoms with Gasteiger partial charge in [-0.15, -0.1) is 0 Å². The first-order valence-corrected chi connectivity index (χ1v) is 4.18. The van der Waals surface area contributed by atoms with Gasteiger partial charge in [0.1, 0.15) is 5.69 Å². The summed E-state index contributed by atoms with van der Waals surface area (Å²) in [7, 11) is 0. The summed E-state index contributed by atoms with van der Waals surface area (Å²) >= 11 is 0. The van der Waals surface area contributed by atoms with Crippen LogP contribution in [0.1, 0.15) is 16.9 Å². The van der Waals surface area contributed by atoms with E-state index in [1.165, 1.54) is 6.20 Å². The largest absolute Gasteiger partial charge is 0.396 e. The highest BCUT2D eigenvalue weighted by molar-refractivity contribution is 5.91. The topological polar surface area (TPSA) is 95.1 Å². The Bertz CT molecular complexity index is 341. The average molecular weight is 197 g/mol. The average Bonchev–Trinajstić information content (AvgIpc) is 2.19.